The van der Waals surface area contributed by atoms with E-state index in [1.54, 1.807) is 31.4 Å². The van der Waals surface area contributed by atoms with Gasteiger partial charge in [-0.15, -0.1) is 0 Å². The zero-order valence-corrected chi connectivity index (χ0v) is 23.9. The minimum atomic E-state index is -3.18. The number of fused-ring (bicyclic) bond motifs is 1. The van der Waals surface area contributed by atoms with Gasteiger partial charge in [0, 0.05) is 49.1 Å². The molecule has 0 bridgehead atoms. The number of halogens is 2. The molecule has 1 saturated heterocycles. The van der Waals surface area contributed by atoms with E-state index in [-0.39, 0.29) is 22.9 Å². The van der Waals surface area contributed by atoms with Crippen LogP contribution in [0.1, 0.15) is 52.0 Å². The summed E-state index contributed by atoms with van der Waals surface area (Å²) < 4.78 is 25.1. The molecule has 0 aliphatic carbocycles. The molecule has 0 saturated carbocycles. The van der Waals surface area contributed by atoms with E-state index < -0.39 is 10.0 Å². The SMILES string of the molecule is CN(C1CCN(CCCN2CCCc3c(ccnc3NC(=O)c3ccc(Cl)c(Cl)c3)C2=O)CC1)S(C)(=O)=O. The summed E-state index contributed by atoms with van der Waals surface area (Å²) in [5.74, 6) is -0.0429. The number of nitrogens with one attached hydrogen (secondary N) is 1. The average molecular weight is 583 g/mol. The lowest BCUT2D eigenvalue weighted by Gasteiger charge is -2.36. The Labute approximate surface area is 234 Å². The topological polar surface area (TPSA) is 103 Å². The normalized spacial score (nSPS) is 17.4. The number of carbonyl (C=O) groups excluding carboxylic acids is 2. The Balaban J connectivity index is 1.34. The third-order valence-electron chi connectivity index (χ3n) is 7.34. The summed E-state index contributed by atoms with van der Waals surface area (Å²) in [5, 5.41) is 3.49. The number of aromatic nitrogens is 1. The predicted octanol–water partition coefficient (Wildman–Crippen LogP) is 3.78. The van der Waals surface area contributed by atoms with Crippen LogP contribution in [0.15, 0.2) is 30.5 Å². The van der Waals surface area contributed by atoms with Crippen LogP contribution in [-0.4, -0.2) is 91.4 Å². The molecule has 2 aliphatic heterocycles. The number of likely N-dealkylation sites (tertiary alicyclic amines) is 1. The third-order valence-corrected chi connectivity index (χ3v) is 9.42. The molecule has 38 heavy (non-hydrogen) atoms. The third kappa shape index (κ3) is 6.84. The van der Waals surface area contributed by atoms with Gasteiger partial charge in [-0.1, -0.05) is 23.2 Å². The maximum atomic E-state index is 13.4. The Bertz CT molecular complexity index is 1300. The molecule has 206 valence electrons. The molecule has 9 nitrogen and oxygen atoms in total. The Morgan fingerprint density at radius 2 is 1.87 bits per heavy atom. The lowest BCUT2D eigenvalue weighted by atomic mass is 10.0. The van der Waals surface area contributed by atoms with Crippen LogP contribution in [0, 0.1) is 0 Å². The second-order valence-corrected chi connectivity index (χ2v) is 12.7. The molecule has 0 spiro atoms. The second-order valence-electron chi connectivity index (χ2n) is 9.87. The molecule has 1 aromatic carbocycles. The summed E-state index contributed by atoms with van der Waals surface area (Å²) in [4.78, 5) is 34.8. The standard InChI is InChI=1S/C26H33Cl2N5O4S/c1-31(38(2,36)37)19-9-15-32(16-10-19)12-4-14-33-13-3-5-20-21(26(33)35)8-11-29-24(20)30-25(34)18-6-7-22(27)23(28)17-18/h6-8,11,17,19H,3-5,9-10,12-16H2,1-2H3,(H,29,30,34). The highest BCUT2D eigenvalue weighted by Crippen LogP contribution is 2.27. The van der Waals surface area contributed by atoms with Crippen molar-refractivity contribution >= 4 is 50.9 Å². The lowest BCUT2D eigenvalue weighted by Crippen LogP contribution is -2.45. The first-order valence-corrected chi connectivity index (χ1v) is 15.3. The smallest absolute Gasteiger partial charge is 0.256 e. The van der Waals surface area contributed by atoms with E-state index in [4.69, 9.17) is 23.2 Å². The largest absolute Gasteiger partial charge is 0.339 e. The Morgan fingerprint density at radius 3 is 2.55 bits per heavy atom. The van der Waals surface area contributed by atoms with Gasteiger partial charge in [-0.2, -0.15) is 0 Å². The van der Waals surface area contributed by atoms with Gasteiger partial charge in [0.2, 0.25) is 10.0 Å². The van der Waals surface area contributed by atoms with E-state index in [0.29, 0.717) is 41.5 Å². The van der Waals surface area contributed by atoms with Gasteiger partial charge in [0.25, 0.3) is 11.8 Å². The highest BCUT2D eigenvalue weighted by Gasteiger charge is 2.28. The molecule has 0 atom stereocenters. The molecular weight excluding hydrogens is 549 g/mol. The van der Waals surface area contributed by atoms with Crippen molar-refractivity contribution in [1.82, 2.24) is 19.1 Å². The van der Waals surface area contributed by atoms with E-state index in [1.165, 1.54) is 16.6 Å². The molecule has 2 aliphatic rings. The van der Waals surface area contributed by atoms with Crippen molar-refractivity contribution in [2.24, 2.45) is 0 Å². The molecule has 1 fully saturated rings. The quantitative estimate of drug-likeness (QED) is 0.509. The van der Waals surface area contributed by atoms with Gasteiger partial charge >= 0.3 is 0 Å². The van der Waals surface area contributed by atoms with Crippen LogP contribution in [-0.2, 0) is 16.4 Å². The van der Waals surface area contributed by atoms with Crippen LogP contribution >= 0.6 is 23.2 Å². The van der Waals surface area contributed by atoms with Gasteiger partial charge in [-0.25, -0.2) is 17.7 Å². The van der Waals surface area contributed by atoms with Crippen molar-refractivity contribution in [1.29, 1.82) is 0 Å². The fraction of sp³-hybridized carbons (Fsp3) is 0.500. The number of carbonyl (C=O) groups is 2. The summed E-state index contributed by atoms with van der Waals surface area (Å²) in [6.07, 6.45) is 6.64. The van der Waals surface area contributed by atoms with Crippen molar-refractivity contribution in [3.8, 4) is 0 Å². The van der Waals surface area contributed by atoms with E-state index in [2.05, 4.69) is 15.2 Å². The van der Waals surface area contributed by atoms with E-state index in [0.717, 1.165) is 50.9 Å². The Kier molecular flexibility index (Phi) is 9.31. The zero-order valence-electron chi connectivity index (χ0n) is 21.6. The summed E-state index contributed by atoms with van der Waals surface area (Å²) in [6.45, 7) is 3.81. The van der Waals surface area contributed by atoms with Gasteiger partial charge < -0.3 is 15.1 Å². The molecule has 1 N–H and O–H groups in total. The summed E-state index contributed by atoms with van der Waals surface area (Å²) in [5.41, 5.74) is 1.66. The molecule has 1 aromatic heterocycles. The maximum Gasteiger partial charge on any atom is 0.256 e. The maximum absolute atomic E-state index is 13.4. The molecule has 3 heterocycles. The minimum Gasteiger partial charge on any atom is -0.339 e. The van der Waals surface area contributed by atoms with Crippen molar-refractivity contribution in [3.63, 3.8) is 0 Å². The monoisotopic (exact) mass is 581 g/mol. The highest BCUT2D eigenvalue weighted by atomic mass is 35.5. The van der Waals surface area contributed by atoms with Gasteiger partial charge in [-0.3, -0.25) is 9.59 Å². The molecule has 2 aromatic rings. The zero-order chi connectivity index (χ0) is 27.4. The Hall–Kier alpha value is -2.24. The number of nitrogens with zero attached hydrogens (tertiary/aromatic N) is 4. The van der Waals surface area contributed by atoms with Gasteiger partial charge in [0.1, 0.15) is 5.82 Å². The second kappa shape index (κ2) is 12.3. The average Bonchev–Trinajstić information content (AvgIpc) is 3.04. The van der Waals surface area contributed by atoms with Gasteiger partial charge in [0.15, 0.2) is 0 Å². The van der Waals surface area contributed by atoms with E-state index in [9.17, 15) is 18.0 Å². The number of hydrogen-bond acceptors (Lipinski definition) is 6. The van der Waals surface area contributed by atoms with E-state index in [1.807, 2.05) is 4.90 Å². The predicted molar refractivity (Wildman–Crippen MR) is 150 cm³/mol. The summed E-state index contributed by atoms with van der Waals surface area (Å²) in [6, 6.07) is 6.42. The first kappa shape index (κ1) is 28.8. The number of benzene rings is 1. The van der Waals surface area contributed by atoms with Crippen LogP contribution in [0.4, 0.5) is 5.82 Å². The highest BCUT2D eigenvalue weighted by molar-refractivity contribution is 7.88. The fourth-order valence-corrected chi connectivity index (χ4v) is 6.12. The molecule has 2 amide bonds. The molecule has 0 unspecified atom stereocenters. The number of anilines is 1. The van der Waals surface area contributed by atoms with Crippen molar-refractivity contribution in [2.45, 2.75) is 38.1 Å². The van der Waals surface area contributed by atoms with Crippen LogP contribution in [0.3, 0.4) is 0 Å². The van der Waals surface area contributed by atoms with Crippen LogP contribution in [0.2, 0.25) is 10.0 Å². The molecule has 12 heteroatoms. The first-order valence-electron chi connectivity index (χ1n) is 12.7. The lowest BCUT2D eigenvalue weighted by molar-refractivity contribution is 0.0749. The summed E-state index contributed by atoms with van der Waals surface area (Å²) >= 11 is 12.0. The molecular formula is C26H33Cl2N5O4S. The number of piperidine rings is 1. The van der Waals surface area contributed by atoms with Gasteiger partial charge in [0.05, 0.1) is 16.3 Å². The molecule has 0 radical (unpaired) electrons. The van der Waals surface area contributed by atoms with Crippen LogP contribution in [0.5, 0.6) is 0 Å². The van der Waals surface area contributed by atoms with Crippen LogP contribution < -0.4 is 5.32 Å². The first-order chi connectivity index (χ1) is 18.0. The van der Waals surface area contributed by atoms with Crippen molar-refractivity contribution < 1.29 is 18.0 Å². The minimum absolute atomic E-state index is 0.0462. The van der Waals surface area contributed by atoms with Crippen LogP contribution in [0.25, 0.3) is 0 Å². The Morgan fingerprint density at radius 1 is 1.13 bits per heavy atom. The molecule has 4 rings (SSSR count). The van der Waals surface area contributed by atoms with Crippen molar-refractivity contribution in [2.75, 3.05) is 51.3 Å². The number of rotatable bonds is 8. The number of hydrogen-bond donors (Lipinski definition) is 1. The van der Waals surface area contributed by atoms with Crippen molar-refractivity contribution in [3.05, 3.63) is 57.2 Å². The van der Waals surface area contributed by atoms with Gasteiger partial charge in [-0.05, 0) is 76.0 Å². The fourth-order valence-electron chi connectivity index (χ4n) is 5.07. The number of amides is 2. The number of pyridine rings is 1. The summed E-state index contributed by atoms with van der Waals surface area (Å²) in [7, 11) is -1.53. The van der Waals surface area contributed by atoms with E-state index >= 15 is 0 Å². The number of sulfonamides is 1.